The zero-order valence-electron chi connectivity index (χ0n) is 15.0. The van der Waals surface area contributed by atoms with Gasteiger partial charge < -0.3 is 9.26 Å². The summed E-state index contributed by atoms with van der Waals surface area (Å²) in [6.07, 6.45) is 6.20. The summed E-state index contributed by atoms with van der Waals surface area (Å²) < 4.78 is 23.6. The standard InChI is InChI=1S/C17H32ClO4P/c1-5-21-17(19)16(11-9-7-8-10-12-18)14-23(20,22-6-2)13-15(3)4/h11,15H,5-10,12-14H2,1-4H3. The maximum Gasteiger partial charge on any atom is 0.334 e. The molecule has 0 fully saturated rings. The second-order valence-corrected chi connectivity index (χ2v) is 8.90. The Kier molecular flexibility index (Phi) is 12.9. The fourth-order valence-corrected chi connectivity index (χ4v) is 5.22. The monoisotopic (exact) mass is 366 g/mol. The van der Waals surface area contributed by atoms with Gasteiger partial charge in [-0.1, -0.05) is 26.3 Å². The Bertz CT molecular complexity index is 407. The van der Waals surface area contributed by atoms with Gasteiger partial charge in [-0.3, -0.25) is 4.57 Å². The molecule has 1 unspecified atom stereocenters. The van der Waals surface area contributed by atoms with Crippen LogP contribution in [-0.2, 0) is 18.6 Å². The van der Waals surface area contributed by atoms with Gasteiger partial charge in [0.1, 0.15) is 0 Å². The van der Waals surface area contributed by atoms with E-state index in [9.17, 15) is 9.36 Å². The molecule has 6 heteroatoms. The quantitative estimate of drug-likeness (QED) is 0.147. The van der Waals surface area contributed by atoms with E-state index >= 15 is 0 Å². The third-order valence-electron chi connectivity index (χ3n) is 3.19. The number of halogens is 1. The van der Waals surface area contributed by atoms with Crippen LogP contribution < -0.4 is 0 Å². The summed E-state index contributed by atoms with van der Waals surface area (Å²) in [4.78, 5) is 12.1. The molecular weight excluding hydrogens is 335 g/mol. The van der Waals surface area contributed by atoms with Gasteiger partial charge in [-0.05, 0) is 39.0 Å². The molecule has 0 bridgehead atoms. The van der Waals surface area contributed by atoms with Crippen LogP contribution >= 0.6 is 19.0 Å². The molecule has 23 heavy (non-hydrogen) atoms. The molecule has 0 aromatic rings. The van der Waals surface area contributed by atoms with Crippen LogP contribution in [0.4, 0.5) is 0 Å². The van der Waals surface area contributed by atoms with Crippen molar-refractivity contribution in [1.82, 2.24) is 0 Å². The lowest BCUT2D eigenvalue weighted by atomic mass is 10.1. The van der Waals surface area contributed by atoms with E-state index < -0.39 is 7.37 Å². The molecule has 0 saturated heterocycles. The van der Waals surface area contributed by atoms with Crippen LogP contribution in [0.25, 0.3) is 0 Å². The summed E-state index contributed by atoms with van der Waals surface area (Å²) in [7, 11) is -2.86. The number of carbonyl (C=O) groups excluding carboxylic acids is 1. The van der Waals surface area contributed by atoms with Crippen molar-refractivity contribution >= 4 is 24.9 Å². The number of esters is 1. The van der Waals surface area contributed by atoms with E-state index in [-0.39, 0.29) is 18.0 Å². The zero-order valence-corrected chi connectivity index (χ0v) is 16.6. The van der Waals surface area contributed by atoms with Gasteiger partial charge in [0.25, 0.3) is 0 Å². The molecule has 0 aromatic carbocycles. The summed E-state index contributed by atoms with van der Waals surface area (Å²) >= 11 is 5.66. The molecule has 0 aromatic heterocycles. The zero-order chi connectivity index (χ0) is 17.7. The van der Waals surface area contributed by atoms with Crippen molar-refractivity contribution in [2.24, 2.45) is 5.92 Å². The van der Waals surface area contributed by atoms with Crippen molar-refractivity contribution in [3.8, 4) is 0 Å². The molecule has 0 amide bonds. The molecule has 136 valence electrons. The van der Waals surface area contributed by atoms with Crippen molar-refractivity contribution in [2.75, 3.05) is 31.4 Å². The molecule has 0 aliphatic heterocycles. The molecule has 0 aliphatic rings. The van der Waals surface area contributed by atoms with Gasteiger partial charge in [-0.2, -0.15) is 0 Å². The first-order valence-corrected chi connectivity index (χ1v) is 11.1. The van der Waals surface area contributed by atoms with Crippen molar-refractivity contribution < 1.29 is 18.6 Å². The van der Waals surface area contributed by atoms with Crippen LogP contribution in [-0.4, -0.2) is 37.4 Å². The Hall–Kier alpha value is -0.310. The van der Waals surface area contributed by atoms with Crippen LogP contribution in [0.15, 0.2) is 11.6 Å². The number of rotatable bonds is 13. The number of hydrogen-bond donors (Lipinski definition) is 0. The highest BCUT2D eigenvalue weighted by molar-refractivity contribution is 7.59. The molecule has 0 saturated carbocycles. The van der Waals surface area contributed by atoms with Gasteiger partial charge in [0.2, 0.25) is 7.37 Å². The molecule has 0 aliphatic carbocycles. The van der Waals surface area contributed by atoms with Gasteiger partial charge in [-0.25, -0.2) is 4.79 Å². The molecule has 0 N–H and O–H groups in total. The number of alkyl halides is 1. The minimum atomic E-state index is -2.86. The van der Waals surface area contributed by atoms with E-state index in [2.05, 4.69) is 0 Å². The van der Waals surface area contributed by atoms with Crippen LogP contribution in [0.1, 0.15) is 53.4 Å². The highest BCUT2D eigenvalue weighted by Crippen LogP contribution is 2.50. The third kappa shape index (κ3) is 11.0. The Labute approximate surface area is 146 Å². The van der Waals surface area contributed by atoms with E-state index in [1.807, 2.05) is 26.8 Å². The lowest BCUT2D eigenvalue weighted by Crippen LogP contribution is -2.14. The summed E-state index contributed by atoms with van der Waals surface area (Å²) in [6.45, 7) is 8.30. The van der Waals surface area contributed by atoms with Crippen molar-refractivity contribution in [2.45, 2.75) is 53.4 Å². The average molecular weight is 367 g/mol. The van der Waals surface area contributed by atoms with E-state index in [0.29, 0.717) is 30.8 Å². The first kappa shape index (κ1) is 22.7. The van der Waals surface area contributed by atoms with Crippen molar-refractivity contribution in [1.29, 1.82) is 0 Å². The Morgan fingerprint density at radius 1 is 1.17 bits per heavy atom. The van der Waals surface area contributed by atoms with Crippen LogP contribution in [0, 0.1) is 5.92 Å². The topological polar surface area (TPSA) is 52.6 Å². The van der Waals surface area contributed by atoms with Gasteiger partial charge in [0, 0.05) is 17.6 Å². The molecule has 0 spiro atoms. The first-order valence-electron chi connectivity index (χ1n) is 8.53. The number of allylic oxidation sites excluding steroid dienone is 1. The lowest BCUT2D eigenvalue weighted by molar-refractivity contribution is -0.138. The normalized spacial score (nSPS) is 14.8. The predicted octanol–water partition coefficient (Wildman–Crippen LogP) is 5.25. The Morgan fingerprint density at radius 2 is 1.87 bits per heavy atom. The maximum absolute atomic E-state index is 13.0. The largest absolute Gasteiger partial charge is 0.463 e. The second-order valence-electron chi connectivity index (χ2n) is 5.95. The average Bonchev–Trinajstić information content (AvgIpc) is 2.45. The summed E-state index contributed by atoms with van der Waals surface area (Å²) in [5.41, 5.74) is 0.482. The van der Waals surface area contributed by atoms with E-state index in [0.717, 1.165) is 25.7 Å². The van der Waals surface area contributed by atoms with Gasteiger partial charge in [0.15, 0.2) is 0 Å². The number of hydrogen-bond acceptors (Lipinski definition) is 4. The fraction of sp³-hybridized carbons (Fsp3) is 0.824. The maximum atomic E-state index is 13.0. The Morgan fingerprint density at radius 3 is 2.39 bits per heavy atom. The third-order valence-corrected chi connectivity index (χ3v) is 6.29. The van der Waals surface area contributed by atoms with Gasteiger partial charge in [0.05, 0.1) is 19.4 Å². The summed E-state index contributed by atoms with van der Waals surface area (Å²) in [5.74, 6) is 0.524. The number of unbranched alkanes of at least 4 members (excludes halogenated alkanes) is 3. The fourth-order valence-electron chi connectivity index (χ4n) is 2.34. The summed E-state index contributed by atoms with van der Waals surface area (Å²) in [5, 5.41) is 0. The second kappa shape index (κ2) is 13.0. The highest BCUT2D eigenvalue weighted by Gasteiger charge is 2.28. The SMILES string of the molecule is CCOC(=O)C(=CCCCCCCl)CP(=O)(CC(C)C)OCC. The smallest absolute Gasteiger partial charge is 0.334 e. The van der Waals surface area contributed by atoms with Gasteiger partial charge in [-0.15, -0.1) is 11.6 Å². The molecular formula is C17H32ClO4P. The molecule has 4 nitrogen and oxygen atoms in total. The van der Waals surface area contributed by atoms with Crippen LogP contribution in [0.5, 0.6) is 0 Å². The molecule has 0 radical (unpaired) electrons. The minimum Gasteiger partial charge on any atom is -0.463 e. The molecule has 0 rings (SSSR count). The van der Waals surface area contributed by atoms with Crippen LogP contribution in [0.2, 0.25) is 0 Å². The number of ether oxygens (including phenoxy) is 1. The molecule has 1 atom stereocenters. The van der Waals surface area contributed by atoms with Crippen molar-refractivity contribution in [3.05, 3.63) is 11.6 Å². The van der Waals surface area contributed by atoms with Gasteiger partial charge >= 0.3 is 5.97 Å². The first-order chi connectivity index (χ1) is 10.9. The summed E-state index contributed by atoms with van der Waals surface area (Å²) in [6, 6.07) is 0. The molecule has 0 heterocycles. The van der Waals surface area contributed by atoms with Crippen molar-refractivity contribution in [3.63, 3.8) is 0 Å². The van der Waals surface area contributed by atoms with E-state index in [1.165, 1.54) is 0 Å². The minimum absolute atomic E-state index is 0.160. The lowest BCUT2D eigenvalue weighted by Gasteiger charge is -2.20. The Balaban J connectivity index is 4.98. The van der Waals surface area contributed by atoms with E-state index in [4.69, 9.17) is 20.9 Å². The predicted molar refractivity (Wildman–Crippen MR) is 97.7 cm³/mol. The van der Waals surface area contributed by atoms with Crippen LogP contribution in [0.3, 0.4) is 0 Å². The highest BCUT2D eigenvalue weighted by atomic mass is 35.5. The number of carbonyl (C=O) groups is 1. The van der Waals surface area contributed by atoms with E-state index in [1.54, 1.807) is 6.92 Å².